The molecule has 0 saturated carbocycles. The van der Waals surface area contributed by atoms with E-state index in [0.29, 0.717) is 6.61 Å². The number of aryl methyl sites for hydroxylation is 1. The van der Waals surface area contributed by atoms with Crippen molar-refractivity contribution in [1.29, 1.82) is 0 Å². The molecule has 0 unspecified atom stereocenters. The SMILES string of the molecule is CCc1ccc(COc2ccc(C(C)(C)C)cc2)cc1. The highest BCUT2D eigenvalue weighted by Crippen LogP contribution is 2.24. The number of rotatable bonds is 4. The molecule has 1 nitrogen and oxygen atoms in total. The van der Waals surface area contributed by atoms with Crippen LogP contribution < -0.4 is 4.74 Å². The van der Waals surface area contributed by atoms with Crippen molar-refractivity contribution in [3.8, 4) is 5.75 Å². The van der Waals surface area contributed by atoms with Gasteiger partial charge in [0.15, 0.2) is 0 Å². The first-order valence-electron chi connectivity index (χ1n) is 7.30. The quantitative estimate of drug-likeness (QED) is 0.747. The van der Waals surface area contributed by atoms with E-state index in [9.17, 15) is 0 Å². The fourth-order valence-electron chi connectivity index (χ4n) is 2.09. The first-order valence-corrected chi connectivity index (χ1v) is 7.30. The van der Waals surface area contributed by atoms with Crippen LogP contribution in [0, 0.1) is 0 Å². The molecule has 0 heterocycles. The molecular formula is C19H24O. The van der Waals surface area contributed by atoms with Crippen LogP contribution in [0.3, 0.4) is 0 Å². The molecule has 106 valence electrons. The summed E-state index contributed by atoms with van der Waals surface area (Å²) in [7, 11) is 0. The van der Waals surface area contributed by atoms with Gasteiger partial charge in [-0.1, -0.05) is 64.1 Å². The topological polar surface area (TPSA) is 9.23 Å². The van der Waals surface area contributed by atoms with Gasteiger partial charge < -0.3 is 4.74 Å². The number of hydrogen-bond donors (Lipinski definition) is 0. The fourth-order valence-corrected chi connectivity index (χ4v) is 2.09. The average Bonchev–Trinajstić information content (AvgIpc) is 2.45. The molecule has 0 atom stereocenters. The van der Waals surface area contributed by atoms with Crippen LogP contribution in [-0.4, -0.2) is 0 Å². The lowest BCUT2D eigenvalue weighted by molar-refractivity contribution is 0.306. The summed E-state index contributed by atoms with van der Waals surface area (Å²) >= 11 is 0. The molecule has 0 bridgehead atoms. The van der Waals surface area contributed by atoms with Gasteiger partial charge in [0.05, 0.1) is 0 Å². The maximum Gasteiger partial charge on any atom is 0.119 e. The van der Waals surface area contributed by atoms with Gasteiger partial charge in [0, 0.05) is 0 Å². The second-order valence-corrected chi connectivity index (χ2v) is 6.23. The summed E-state index contributed by atoms with van der Waals surface area (Å²) in [6.07, 6.45) is 1.08. The zero-order valence-corrected chi connectivity index (χ0v) is 12.9. The van der Waals surface area contributed by atoms with E-state index in [0.717, 1.165) is 12.2 Å². The lowest BCUT2D eigenvalue weighted by Crippen LogP contribution is -2.10. The maximum atomic E-state index is 5.83. The Morgan fingerprint density at radius 2 is 1.35 bits per heavy atom. The zero-order chi connectivity index (χ0) is 14.6. The van der Waals surface area contributed by atoms with E-state index in [4.69, 9.17) is 4.74 Å². The Hall–Kier alpha value is -1.76. The minimum Gasteiger partial charge on any atom is -0.489 e. The van der Waals surface area contributed by atoms with Crippen LogP contribution >= 0.6 is 0 Å². The molecule has 2 rings (SSSR count). The monoisotopic (exact) mass is 268 g/mol. The van der Waals surface area contributed by atoms with Crippen molar-refractivity contribution in [1.82, 2.24) is 0 Å². The molecule has 0 amide bonds. The predicted molar refractivity (Wildman–Crippen MR) is 85.3 cm³/mol. The Morgan fingerprint density at radius 1 is 0.800 bits per heavy atom. The molecule has 1 heteroatoms. The van der Waals surface area contributed by atoms with Crippen molar-refractivity contribution < 1.29 is 4.74 Å². The van der Waals surface area contributed by atoms with E-state index in [-0.39, 0.29) is 5.41 Å². The third-order valence-corrected chi connectivity index (χ3v) is 3.56. The van der Waals surface area contributed by atoms with E-state index in [1.807, 2.05) is 0 Å². The van der Waals surface area contributed by atoms with Gasteiger partial charge in [0.1, 0.15) is 12.4 Å². The predicted octanol–water partition coefficient (Wildman–Crippen LogP) is 5.13. The molecule has 0 fully saturated rings. The van der Waals surface area contributed by atoms with Gasteiger partial charge in [-0.15, -0.1) is 0 Å². The second kappa shape index (κ2) is 6.13. The molecule has 0 saturated heterocycles. The number of hydrogen-bond acceptors (Lipinski definition) is 1. The second-order valence-electron chi connectivity index (χ2n) is 6.23. The summed E-state index contributed by atoms with van der Waals surface area (Å²) in [4.78, 5) is 0. The summed E-state index contributed by atoms with van der Waals surface area (Å²) in [6, 6.07) is 17.0. The molecule has 0 spiro atoms. The van der Waals surface area contributed by atoms with Crippen LogP contribution in [0.2, 0.25) is 0 Å². The normalized spacial score (nSPS) is 11.4. The standard InChI is InChI=1S/C19H24O/c1-5-15-6-8-16(9-7-15)14-20-18-12-10-17(11-13-18)19(2,3)4/h6-13H,5,14H2,1-4H3. The maximum absolute atomic E-state index is 5.83. The molecule has 20 heavy (non-hydrogen) atoms. The van der Waals surface area contributed by atoms with Crippen LogP contribution in [0.4, 0.5) is 0 Å². The number of benzene rings is 2. The van der Waals surface area contributed by atoms with Crippen molar-refractivity contribution in [3.05, 3.63) is 65.2 Å². The lowest BCUT2D eigenvalue weighted by Gasteiger charge is -2.19. The molecule has 0 radical (unpaired) electrons. The summed E-state index contributed by atoms with van der Waals surface area (Å²) in [5, 5.41) is 0. The Kier molecular flexibility index (Phi) is 4.49. The molecule has 2 aromatic carbocycles. The average molecular weight is 268 g/mol. The van der Waals surface area contributed by atoms with Gasteiger partial charge in [-0.3, -0.25) is 0 Å². The van der Waals surface area contributed by atoms with Gasteiger partial charge in [-0.2, -0.15) is 0 Å². The Bertz CT molecular complexity index is 529. The number of ether oxygens (including phenoxy) is 1. The van der Waals surface area contributed by atoms with Crippen LogP contribution in [0.5, 0.6) is 5.75 Å². The molecule has 0 aromatic heterocycles. The third kappa shape index (κ3) is 3.86. The highest BCUT2D eigenvalue weighted by molar-refractivity contribution is 5.31. The van der Waals surface area contributed by atoms with Gasteiger partial charge in [0.2, 0.25) is 0 Å². The largest absolute Gasteiger partial charge is 0.489 e. The third-order valence-electron chi connectivity index (χ3n) is 3.56. The molecular weight excluding hydrogens is 244 g/mol. The lowest BCUT2D eigenvalue weighted by atomic mass is 9.87. The van der Waals surface area contributed by atoms with E-state index in [1.54, 1.807) is 0 Å². The highest BCUT2D eigenvalue weighted by atomic mass is 16.5. The molecule has 2 aromatic rings. The molecule has 0 aliphatic rings. The van der Waals surface area contributed by atoms with E-state index in [2.05, 4.69) is 76.2 Å². The van der Waals surface area contributed by atoms with Crippen LogP contribution in [0.25, 0.3) is 0 Å². The zero-order valence-electron chi connectivity index (χ0n) is 12.9. The van der Waals surface area contributed by atoms with Crippen molar-refractivity contribution in [2.45, 2.75) is 46.1 Å². The van der Waals surface area contributed by atoms with Crippen LogP contribution in [0.15, 0.2) is 48.5 Å². The molecule has 0 aliphatic carbocycles. The van der Waals surface area contributed by atoms with Crippen LogP contribution in [0.1, 0.15) is 44.4 Å². The minimum absolute atomic E-state index is 0.189. The minimum atomic E-state index is 0.189. The molecule has 0 N–H and O–H groups in total. The van der Waals surface area contributed by atoms with Crippen LogP contribution in [-0.2, 0) is 18.4 Å². The first-order chi connectivity index (χ1) is 9.49. The smallest absolute Gasteiger partial charge is 0.119 e. The van der Waals surface area contributed by atoms with Gasteiger partial charge in [-0.25, -0.2) is 0 Å². The highest BCUT2D eigenvalue weighted by Gasteiger charge is 2.12. The first kappa shape index (κ1) is 14.6. The van der Waals surface area contributed by atoms with Crippen molar-refractivity contribution >= 4 is 0 Å². The summed E-state index contributed by atoms with van der Waals surface area (Å²) in [5.41, 5.74) is 4.09. The van der Waals surface area contributed by atoms with Gasteiger partial charge in [0.25, 0.3) is 0 Å². The van der Waals surface area contributed by atoms with E-state index < -0.39 is 0 Å². The Morgan fingerprint density at radius 3 is 1.85 bits per heavy atom. The van der Waals surface area contributed by atoms with E-state index >= 15 is 0 Å². The molecule has 0 aliphatic heterocycles. The van der Waals surface area contributed by atoms with Gasteiger partial charge >= 0.3 is 0 Å². The van der Waals surface area contributed by atoms with Crippen molar-refractivity contribution in [2.24, 2.45) is 0 Å². The Labute approximate surface area is 122 Å². The van der Waals surface area contributed by atoms with Crippen molar-refractivity contribution in [3.63, 3.8) is 0 Å². The fraction of sp³-hybridized carbons (Fsp3) is 0.368. The Balaban J connectivity index is 1.96. The summed E-state index contributed by atoms with van der Waals surface area (Å²) < 4.78 is 5.83. The van der Waals surface area contributed by atoms with E-state index in [1.165, 1.54) is 16.7 Å². The van der Waals surface area contributed by atoms with Gasteiger partial charge in [-0.05, 0) is 40.7 Å². The van der Waals surface area contributed by atoms with Crippen molar-refractivity contribution in [2.75, 3.05) is 0 Å². The summed E-state index contributed by atoms with van der Waals surface area (Å²) in [6.45, 7) is 9.45. The summed E-state index contributed by atoms with van der Waals surface area (Å²) in [5.74, 6) is 0.928.